The quantitative estimate of drug-likeness (QED) is 0.764. The summed E-state index contributed by atoms with van der Waals surface area (Å²) in [6.07, 6.45) is 0. The maximum atomic E-state index is 12.1. The lowest BCUT2D eigenvalue weighted by Crippen LogP contribution is -2.25. The second kappa shape index (κ2) is 6.46. The number of Topliss-reactive ketones (excluding diaryl/α,β-unsaturated/α-hetero) is 1. The van der Waals surface area contributed by atoms with Gasteiger partial charge in [0.15, 0.2) is 5.78 Å². The highest BCUT2D eigenvalue weighted by Gasteiger charge is 2.13. The van der Waals surface area contributed by atoms with Crippen molar-refractivity contribution >= 4 is 33.0 Å². The van der Waals surface area contributed by atoms with Gasteiger partial charge in [-0.3, -0.25) is 9.69 Å². The van der Waals surface area contributed by atoms with Crippen molar-refractivity contribution in [1.29, 1.82) is 0 Å². The summed E-state index contributed by atoms with van der Waals surface area (Å²) in [5.74, 6) is 0.163. The van der Waals surface area contributed by atoms with Gasteiger partial charge in [0.25, 0.3) is 0 Å². The highest BCUT2D eigenvalue weighted by atomic mass is 79.9. The number of thiophene rings is 1. The predicted octanol–water partition coefficient (Wildman–Crippen LogP) is 4.13. The van der Waals surface area contributed by atoms with Gasteiger partial charge in [-0.05, 0) is 46.9 Å². The van der Waals surface area contributed by atoms with Crippen LogP contribution in [0.15, 0.2) is 40.2 Å². The molecular weight excluding hydrogens is 322 g/mol. The second-order valence-electron chi connectivity index (χ2n) is 4.68. The van der Waals surface area contributed by atoms with Crippen molar-refractivity contribution < 1.29 is 4.79 Å². The molecule has 2 aromatic rings. The number of hydrogen-bond acceptors (Lipinski definition) is 3. The molecule has 0 N–H and O–H groups in total. The second-order valence-corrected chi connectivity index (χ2v) is 6.45. The average molecular weight is 338 g/mol. The molecule has 2 rings (SSSR count). The number of aryl methyl sites for hydroxylation is 1. The Bertz CT molecular complexity index is 562. The zero-order valence-electron chi connectivity index (χ0n) is 11.0. The van der Waals surface area contributed by atoms with E-state index >= 15 is 0 Å². The third-order valence-electron chi connectivity index (χ3n) is 2.86. The molecule has 0 unspecified atom stereocenters. The SMILES string of the molecule is Cc1ccc(CN(C)CC(=O)c2sccc2Br)cc1. The van der Waals surface area contributed by atoms with Gasteiger partial charge in [-0.2, -0.15) is 0 Å². The van der Waals surface area contributed by atoms with Crippen LogP contribution in [0.2, 0.25) is 0 Å². The molecule has 4 heteroatoms. The van der Waals surface area contributed by atoms with E-state index in [4.69, 9.17) is 0 Å². The fourth-order valence-electron chi connectivity index (χ4n) is 1.87. The lowest BCUT2D eigenvalue weighted by atomic mass is 10.1. The maximum Gasteiger partial charge on any atom is 0.187 e. The van der Waals surface area contributed by atoms with Gasteiger partial charge in [0.2, 0.25) is 0 Å². The largest absolute Gasteiger partial charge is 0.295 e. The van der Waals surface area contributed by atoms with E-state index in [0.29, 0.717) is 6.54 Å². The molecule has 0 aliphatic rings. The van der Waals surface area contributed by atoms with Gasteiger partial charge in [-0.15, -0.1) is 11.3 Å². The Kier molecular flexibility index (Phi) is 4.91. The number of rotatable bonds is 5. The summed E-state index contributed by atoms with van der Waals surface area (Å²) >= 11 is 4.89. The van der Waals surface area contributed by atoms with Gasteiger partial charge < -0.3 is 0 Å². The Morgan fingerprint density at radius 1 is 1.26 bits per heavy atom. The molecule has 0 bridgehead atoms. The van der Waals surface area contributed by atoms with Gasteiger partial charge in [-0.1, -0.05) is 29.8 Å². The number of carbonyl (C=O) groups is 1. The molecule has 0 radical (unpaired) electrons. The van der Waals surface area contributed by atoms with Crippen molar-refractivity contribution in [3.63, 3.8) is 0 Å². The van der Waals surface area contributed by atoms with Crippen molar-refractivity contribution in [3.05, 3.63) is 56.2 Å². The lowest BCUT2D eigenvalue weighted by Gasteiger charge is -2.15. The predicted molar refractivity (Wildman–Crippen MR) is 83.9 cm³/mol. The van der Waals surface area contributed by atoms with Crippen LogP contribution in [0, 0.1) is 6.92 Å². The zero-order valence-corrected chi connectivity index (χ0v) is 13.4. The molecule has 0 saturated heterocycles. The average Bonchev–Trinajstić information content (AvgIpc) is 2.78. The standard InChI is InChI=1S/C15H16BrNOS/c1-11-3-5-12(6-4-11)9-17(2)10-14(18)15-13(16)7-8-19-15/h3-8H,9-10H2,1-2H3. The summed E-state index contributed by atoms with van der Waals surface area (Å²) in [6.45, 7) is 3.30. The molecule has 2 nitrogen and oxygen atoms in total. The van der Waals surface area contributed by atoms with Gasteiger partial charge in [0.1, 0.15) is 0 Å². The smallest absolute Gasteiger partial charge is 0.187 e. The first-order valence-electron chi connectivity index (χ1n) is 6.06. The first-order chi connectivity index (χ1) is 9.06. The van der Waals surface area contributed by atoms with E-state index < -0.39 is 0 Å². The summed E-state index contributed by atoms with van der Waals surface area (Å²) in [5.41, 5.74) is 2.48. The van der Waals surface area contributed by atoms with Crippen molar-refractivity contribution in [2.75, 3.05) is 13.6 Å². The van der Waals surface area contributed by atoms with E-state index in [1.165, 1.54) is 22.5 Å². The topological polar surface area (TPSA) is 20.3 Å². The molecule has 1 aromatic carbocycles. The van der Waals surface area contributed by atoms with Crippen LogP contribution in [0.1, 0.15) is 20.8 Å². The Hall–Kier alpha value is -0.970. The summed E-state index contributed by atoms with van der Waals surface area (Å²) < 4.78 is 0.895. The molecule has 0 aliphatic heterocycles. The number of carbonyl (C=O) groups excluding carboxylic acids is 1. The lowest BCUT2D eigenvalue weighted by molar-refractivity contribution is 0.0946. The van der Waals surface area contributed by atoms with E-state index in [2.05, 4.69) is 47.1 Å². The van der Waals surface area contributed by atoms with Crippen molar-refractivity contribution in [2.24, 2.45) is 0 Å². The number of hydrogen-bond donors (Lipinski definition) is 0. The van der Waals surface area contributed by atoms with Crippen LogP contribution < -0.4 is 0 Å². The van der Waals surface area contributed by atoms with Crippen molar-refractivity contribution in [2.45, 2.75) is 13.5 Å². The van der Waals surface area contributed by atoms with Gasteiger partial charge in [-0.25, -0.2) is 0 Å². The Labute approximate surface area is 126 Å². The molecule has 0 aliphatic carbocycles. The first-order valence-corrected chi connectivity index (χ1v) is 7.74. The van der Waals surface area contributed by atoms with Crippen LogP contribution in [0.5, 0.6) is 0 Å². The normalized spacial score (nSPS) is 10.9. The molecule has 1 aromatic heterocycles. The van der Waals surface area contributed by atoms with E-state index in [1.807, 2.05) is 23.4 Å². The number of benzene rings is 1. The van der Waals surface area contributed by atoms with Gasteiger partial charge >= 0.3 is 0 Å². The van der Waals surface area contributed by atoms with Crippen molar-refractivity contribution in [1.82, 2.24) is 4.90 Å². The molecule has 19 heavy (non-hydrogen) atoms. The Morgan fingerprint density at radius 3 is 2.53 bits per heavy atom. The van der Waals surface area contributed by atoms with Crippen LogP contribution in [-0.2, 0) is 6.54 Å². The Balaban J connectivity index is 1.94. The molecule has 1 heterocycles. The molecule has 100 valence electrons. The van der Waals surface area contributed by atoms with E-state index in [0.717, 1.165) is 15.9 Å². The molecular formula is C15H16BrNOS. The zero-order chi connectivity index (χ0) is 13.8. The van der Waals surface area contributed by atoms with Gasteiger partial charge in [0, 0.05) is 11.0 Å². The molecule has 0 spiro atoms. The fraction of sp³-hybridized carbons (Fsp3) is 0.267. The third kappa shape index (κ3) is 4.00. The highest BCUT2D eigenvalue weighted by Crippen LogP contribution is 2.23. The first kappa shape index (κ1) is 14.4. The summed E-state index contributed by atoms with van der Waals surface area (Å²) in [5, 5.41) is 1.93. The molecule has 0 fully saturated rings. The van der Waals surface area contributed by atoms with Crippen LogP contribution in [0.3, 0.4) is 0 Å². The van der Waals surface area contributed by atoms with Crippen LogP contribution in [0.4, 0.5) is 0 Å². The Morgan fingerprint density at radius 2 is 1.95 bits per heavy atom. The minimum atomic E-state index is 0.163. The molecule has 0 atom stereocenters. The number of ketones is 1. The summed E-state index contributed by atoms with van der Waals surface area (Å²) in [6, 6.07) is 10.3. The van der Waals surface area contributed by atoms with Crippen LogP contribution in [-0.4, -0.2) is 24.3 Å². The maximum absolute atomic E-state index is 12.1. The fourth-order valence-corrected chi connectivity index (χ4v) is 3.40. The summed E-state index contributed by atoms with van der Waals surface area (Å²) in [7, 11) is 1.97. The van der Waals surface area contributed by atoms with Crippen molar-refractivity contribution in [3.8, 4) is 0 Å². The molecule has 0 saturated carbocycles. The van der Waals surface area contributed by atoms with E-state index in [9.17, 15) is 4.79 Å². The number of likely N-dealkylation sites (N-methyl/N-ethyl adjacent to an activating group) is 1. The molecule has 0 amide bonds. The van der Waals surface area contributed by atoms with E-state index in [-0.39, 0.29) is 5.78 Å². The number of halogens is 1. The highest BCUT2D eigenvalue weighted by molar-refractivity contribution is 9.10. The number of nitrogens with zero attached hydrogens (tertiary/aromatic N) is 1. The minimum absolute atomic E-state index is 0.163. The van der Waals surface area contributed by atoms with E-state index in [1.54, 1.807) is 0 Å². The minimum Gasteiger partial charge on any atom is -0.295 e. The van der Waals surface area contributed by atoms with Crippen LogP contribution >= 0.6 is 27.3 Å². The van der Waals surface area contributed by atoms with Gasteiger partial charge in [0.05, 0.1) is 11.4 Å². The third-order valence-corrected chi connectivity index (χ3v) is 4.74. The monoisotopic (exact) mass is 337 g/mol. The summed E-state index contributed by atoms with van der Waals surface area (Å²) in [4.78, 5) is 15.0. The van der Waals surface area contributed by atoms with Crippen LogP contribution in [0.25, 0.3) is 0 Å².